The van der Waals surface area contributed by atoms with Crippen LogP contribution in [0.1, 0.15) is 65.2 Å². The maximum absolute atomic E-state index is 12.9. The summed E-state index contributed by atoms with van der Waals surface area (Å²) >= 11 is 0. The summed E-state index contributed by atoms with van der Waals surface area (Å²) in [7, 11) is 0. The maximum atomic E-state index is 12.9. The summed E-state index contributed by atoms with van der Waals surface area (Å²) in [6.07, 6.45) is 14.7. The quantitative estimate of drug-likeness (QED) is 0.581. The van der Waals surface area contributed by atoms with E-state index in [0.717, 1.165) is 12.8 Å². The summed E-state index contributed by atoms with van der Waals surface area (Å²) in [6.45, 7) is 4.98. The Kier molecular flexibility index (Phi) is 2.76. The Morgan fingerprint density at radius 2 is 1.95 bits per heavy atom. The molecule has 3 saturated carbocycles. The van der Waals surface area contributed by atoms with Crippen LogP contribution in [0.2, 0.25) is 0 Å². The van der Waals surface area contributed by atoms with Crippen LogP contribution in [0, 0.1) is 34.5 Å². The molecule has 0 aromatic heterocycles. The lowest BCUT2D eigenvalue weighted by molar-refractivity contribution is -0.150. The lowest BCUT2D eigenvalue weighted by atomic mass is 9.46. The Labute approximate surface area is 123 Å². The molecule has 1 heteroatoms. The van der Waals surface area contributed by atoms with Crippen molar-refractivity contribution in [3.63, 3.8) is 0 Å². The van der Waals surface area contributed by atoms with E-state index in [0.29, 0.717) is 40.3 Å². The molecule has 6 atom stereocenters. The van der Waals surface area contributed by atoms with Crippen LogP contribution in [0.4, 0.5) is 0 Å². The number of hydrogen-bond donors (Lipinski definition) is 0. The van der Waals surface area contributed by atoms with Crippen molar-refractivity contribution in [1.82, 2.24) is 0 Å². The van der Waals surface area contributed by atoms with Crippen molar-refractivity contribution < 1.29 is 4.79 Å². The van der Waals surface area contributed by atoms with E-state index >= 15 is 0 Å². The highest BCUT2D eigenvalue weighted by atomic mass is 16.1. The SMILES string of the molecule is CC12CCCC1C1C(=O)CC3CC=CCC3(C)C1CC2. The summed E-state index contributed by atoms with van der Waals surface area (Å²) in [6, 6.07) is 0. The predicted molar refractivity (Wildman–Crippen MR) is 81.3 cm³/mol. The summed E-state index contributed by atoms with van der Waals surface area (Å²) in [5, 5.41) is 0. The van der Waals surface area contributed by atoms with Crippen LogP contribution in [0.15, 0.2) is 12.2 Å². The fourth-order valence-corrected chi connectivity index (χ4v) is 6.50. The molecule has 0 aromatic carbocycles. The first-order valence-corrected chi connectivity index (χ1v) is 8.72. The van der Waals surface area contributed by atoms with Crippen molar-refractivity contribution in [2.24, 2.45) is 34.5 Å². The Bertz CT molecular complexity index is 464. The first-order valence-electron chi connectivity index (χ1n) is 8.72. The number of fused-ring (bicyclic) bond motifs is 5. The van der Waals surface area contributed by atoms with Gasteiger partial charge in [0.05, 0.1) is 0 Å². The minimum Gasteiger partial charge on any atom is -0.299 e. The van der Waals surface area contributed by atoms with E-state index in [-0.39, 0.29) is 0 Å². The summed E-state index contributed by atoms with van der Waals surface area (Å²) < 4.78 is 0. The largest absolute Gasteiger partial charge is 0.299 e. The van der Waals surface area contributed by atoms with Gasteiger partial charge in [-0.05, 0) is 67.1 Å². The number of carbonyl (C=O) groups excluding carboxylic acids is 1. The number of rotatable bonds is 0. The number of ketones is 1. The molecule has 4 aliphatic carbocycles. The minimum atomic E-state index is 0.406. The lowest BCUT2D eigenvalue weighted by Crippen LogP contribution is -2.55. The number of carbonyl (C=O) groups is 1. The highest BCUT2D eigenvalue weighted by Crippen LogP contribution is 2.64. The van der Waals surface area contributed by atoms with Crippen LogP contribution >= 0.6 is 0 Å². The molecule has 0 bridgehead atoms. The van der Waals surface area contributed by atoms with Crippen molar-refractivity contribution >= 4 is 5.78 Å². The molecule has 4 rings (SSSR count). The van der Waals surface area contributed by atoms with E-state index in [1.807, 2.05) is 0 Å². The van der Waals surface area contributed by atoms with Crippen LogP contribution in [0.25, 0.3) is 0 Å². The fraction of sp³-hybridized carbons (Fsp3) is 0.842. The molecule has 0 radical (unpaired) electrons. The second-order valence-electron chi connectivity index (χ2n) is 8.61. The smallest absolute Gasteiger partial charge is 0.136 e. The molecule has 20 heavy (non-hydrogen) atoms. The molecule has 0 spiro atoms. The normalized spacial score (nSPS) is 54.2. The van der Waals surface area contributed by atoms with Gasteiger partial charge in [-0.1, -0.05) is 32.4 Å². The van der Waals surface area contributed by atoms with Gasteiger partial charge in [0, 0.05) is 12.3 Å². The summed E-state index contributed by atoms with van der Waals surface area (Å²) in [5.74, 6) is 3.05. The Morgan fingerprint density at radius 3 is 2.80 bits per heavy atom. The van der Waals surface area contributed by atoms with E-state index in [9.17, 15) is 4.79 Å². The zero-order valence-corrected chi connectivity index (χ0v) is 13.0. The summed E-state index contributed by atoms with van der Waals surface area (Å²) in [5.41, 5.74) is 0.905. The van der Waals surface area contributed by atoms with E-state index in [2.05, 4.69) is 26.0 Å². The third kappa shape index (κ3) is 1.58. The molecular weight excluding hydrogens is 244 g/mol. The molecule has 0 heterocycles. The van der Waals surface area contributed by atoms with Crippen molar-refractivity contribution in [3.05, 3.63) is 12.2 Å². The Hall–Kier alpha value is -0.590. The predicted octanol–water partition coefficient (Wildman–Crippen LogP) is 4.76. The fourth-order valence-electron chi connectivity index (χ4n) is 6.50. The van der Waals surface area contributed by atoms with Gasteiger partial charge in [-0.25, -0.2) is 0 Å². The van der Waals surface area contributed by atoms with Gasteiger partial charge in [0.15, 0.2) is 0 Å². The molecule has 0 aliphatic heterocycles. The van der Waals surface area contributed by atoms with Crippen molar-refractivity contribution in [3.8, 4) is 0 Å². The second-order valence-corrected chi connectivity index (χ2v) is 8.61. The van der Waals surface area contributed by atoms with Gasteiger partial charge in [-0.15, -0.1) is 0 Å². The first-order chi connectivity index (χ1) is 9.55. The van der Waals surface area contributed by atoms with E-state index < -0.39 is 0 Å². The van der Waals surface area contributed by atoms with Crippen LogP contribution in [-0.4, -0.2) is 5.78 Å². The third-order valence-electron chi connectivity index (χ3n) is 7.80. The lowest BCUT2D eigenvalue weighted by Gasteiger charge is -2.58. The Balaban J connectivity index is 1.73. The number of Topliss-reactive ketones (excluding diaryl/α,β-unsaturated/α-hetero) is 1. The van der Waals surface area contributed by atoms with Crippen LogP contribution in [0.3, 0.4) is 0 Å². The first kappa shape index (κ1) is 13.1. The van der Waals surface area contributed by atoms with Gasteiger partial charge in [0.1, 0.15) is 5.78 Å². The van der Waals surface area contributed by atoms with Gasteiger partial charge in [-0.3, -0.25) is 4.79 Å². The van der Waals surface area contributed by atoms with Crippen molar-refractivity contribution in [2.45, 2.75) is 65.2 Å². The Morgan fingerprint density at radius 1 is 1.10 bits per heavy atom. The van der Waals surface area contributed by atoms with Crippen molar-refractivity contribution in [2.75, 3.05) is 0 Å². The van der Waals surface area contributed by atoms with Crippen molar-refractivity contribution in [1.29, 1.82) is 0 Å². The topological polar surface area (TPSA) is 17.1 Å². The van der Waals surface area contributed by atoms with Crippen LogP contribution in [0.5, 0.6) is 0 Å². The standard InChI is InChI=1S/C19H28O/c1-18-9-5-7-14(18)17-15(8-11-18)19(2)10-4-3-6-13(19)12-16(17)20/h3-4,13-15,17H,5-12H2,1-2H3. The van der Waals surface area contributed by atoms with Crippen LogP contribution in [-0.2, 0) is 4.79 Å². The van der Waals surface area contributed by atoms with Gasteiger partial charge in [0.25, 0.3) is 0 Å². The van der Waals surface area contributed by atoms with Gasteiger partial charge in [-0.2, -0.15) is 0 Å². The van der Waals surface area contributed by atoms with Gasteiger partial charge < -0.3 is 0 Å². The van der Waals surface area contributed by atoms with E-state index in [1.165, 1.54) is 38.5 Å². The molecular formula is C19H28O. The van der Waals surface area contributed by atoms with Crippen LogP contribution < -0.4 is 0 Å². The summed E-state index contributed by atoms with van der Waals surface area (Å²) in [4.78, 5) is 12.9. The molecule has 0 amide bonds. The molecule has 6 unspecified atom stereocenters. The maximum Gasteiger partial charge on any atom is 0.136 e. The van der Waals surface area contributed by atoms with Gasteiger partial charge >= 0.3 is 0 Å². The molecule has 1 nitrogen and oxygen atoms in total. The molecule has 0 aromatic rings. The number of hydrogen-bond acceptors (Lipinski definition) is 1. The molecule has 0 saturated heterocycles. The average Bonchev–Trinajstić information content (AvgIpc) is 2.81. The monoisotopic (exact) mass is 272 g/mol. The highest BCUT2D eigenvalue weighted by molar-refractivity contribution is 5.83. The minimum absolute atomic E-state index is 0.406. The average molecular weight is 272 g/mol. The highest BCUT2D eigenvalue weighted by Gasteiger charge is 2.59. The zero-order valence-electron chi connectivity index (χ0n) is 13.0. The second kappa shape index (κ2) is 4.21. The third-order valence-corrected chi connectivity index (χ3v) is 7.80. The molecule has 3 fully saturated rings. The zero-order chi connectivity index (χ0) is 14.0. The molecule has 110 valence electrons. The van der Waals surface area contributed by atoms with Gasteiger partial charge in [0.2, 0.25) is 0 Å². The molecule has 4 aliphatic rings. The van der Waals surface area contributed by atoms with E-state index in [1.54, 1.807) is 0 Å². The number of allylic oxidation sites excluding steroid dienone is 2. The van der Waals surface area contributed by atoms with E-state index in [4.69, 9.17) is 0 Å². The molecule has 0 N–H and O–H groups in total.